The summed E-state index contributed by atoms with van der Waals surface area (Å²) in [4.78, 5) is 23.4. The van der Waals surface area contributed by atoms with Crippen LogP contribution in [-0.2, 0) is 6.54 Å². The van der Waals surface area contributed by atoms with E-state index in [1.165, 1.54) is 30.5 Å². The van der Waals surface area contributed by atoms with E-state index in [0.29, 0.717) is 4.90 Å². The Bertz CT molecular complexity index is 775. The molecule has 140 valence electrons. The summed E-state index contributed by atoms with van der Waals surface area (Å²) in [7, 11) is 0. The molecule has 10 heteroatoms. The summed E-state index contributed by atoms with van der Waals surface area (Å²) in [6, 6.07) is 6.18. The third-order valence-corrected chi connectivity index (χ3v) is 3.29. The predicted octanol–water partition coefficient (Wildman–Crippen LogP) is 3.79. The summed E-state index contributed by atoms with van der Waals surface area (Å²) in [6.07, 6.45) is -3.37. The SMILES string of the molecule is CCOc1ccc(C(=O)N(Cc2ccco2)CC(F)(F)F)cc1[N+](=O)[O-]. The van der Waals surface area contributed by atoms with Gasteiger partial charge >= 0.3 is 11.9 Å². The van der Waals surface area contributed by atoms with Crippen molar-refractivity contribution >= 4 is 11.6 Å². The maximum atomic E-state index is 12.8. The molecule has 2 aromatic rings. The number of hydrogen-bond donors (Lipinski definition) is 0. The van der Waals surface area contributed by atoms with Crippen LogP contribution in [0.25, 0.3) is 0 Å². The molecule has 0 atom stereocenters. The van der Waals surface area contributed by atoms with Crippen LogP contribution in [0, 0.1) is 10.1 Å². The maximum absolute atomic E-state index is 12.8. The molecular weight excluding hydrogens is 357 g/mol. The van der Waals surface area contributed by atoms with E-state index in [4.69, 9.17) is 9.15 Å². The van der Waals surface area contributed by atoms with Gasteiger partial charge in [-0.25, -0.2) is 0 Å². The Labute approximate surface area is 146 Å². The number of alkyl halides is 3. The molecule has 2 rings (SSSR count). The third kappa shape index (κ3) is 4.98. The van der Waals surface area contributed by atoms with E-state index in [1.54, 1.807) is 6.92 Å². The highest BCUT2D eigenvalue weighted by atomic mass is 19.4. The third-order valence-electron chi connectivity index (χ3n) is 3.29. The fourth-order valence-corrected chi connectivity index (χ4v) is 2.26. The first-order valence-corrected chi connectivity index (χ1v) is 7.51. The monoisotopic (exact) mass is 372 g/mol. The normalized spacial score (nSPS) is 11.2. The molecule has 0 aliphatic heterocycles. The highest BCUT2D eigenvalue weighted by Crippen LogP contribution is 2.29. The van der Waals surface area contributed by atoms with E-state index in [0.717, 1.165) is 6.07 Å². The van der Waals surface area contributed by atoms with Crippen molar-refractivity contribution in [3.05, 3.63) is 58.0 Å². The van der Waals surface area contributed by atoms with Gasteiger partial charge in [0.05, 0.1) is 24.3 Å². The molecule has 0 unspecified atom stereocenters. The zero-order valence-corrected chi connectivity index (χ0v) is 13.7. The van der Waals surface area contributed by atoms with Crippen LogP contribution in [0.4, 0.5) is 18.9 Å². The molecule has 0 radical (unpaired) electrons. The molecule has 1 aromatic carbocycles. The Morgan fingerprint density at radius 2 is 2.08 bits per heavy atom. The number of furan rings is 1. The number of amides is 1. The Morgan fingerprint density at radius 3 is 2.62 bits per heavy atom. The van der Waals surface area contributed by atoms with Crippen LogP contribution >= 0.6 is 0 Å². The Morgan fingerprint density at radius 1 is 1.35 bits per heavy atom. The number of benzene rings is 1. The first-order chi connectivity index (χ1) is 12.2. The predicted molar refractivity (Wildman–Crippen MR) is 83.8 cm³/mol. The van der Waals surface area contributed by atoms with Crippen molar-refractivity contribution in [2.45, 2.75) is 19.6 Å². The number of nitro benzene ring substituents is 1. The van der Waals surface area contributed by atoms with Crippen molar-refractivity contribution in [3.63, 3.8) is 0 Å². The quantitative estimate of drug-likeness (QED) is 0.545. The smallest absolute Gasteiger partial charge is 0.406 e. The van der Waals surface area contributed by atoms with Crippen molar-refractivity contribution < 1.29 is 32.0 Å². The van der Waals surface area contributed by atoms with Gasteiger partial charge < -0.3 is 14.1 Å². The molecule has 0 N–H and O–H groups in total. The Kier molecular flexibility index (Phi) is 5.86. The molecule has 1 heterocycles. The minimum absolute atomic E-state index is 0.0672. The van der Waals surface area contributed by atoms with Crippen molar-refractivity contribution in [1.82, 2.24) is 4.90 Å². The number of carbonyl (C=O) groups is 1. The van der Waals surface area contributed by atoms with Crippen LogP contribution in [0.1, 0.15) is 23.0 Å². The number of carbonyl (C=O) groups excluding carboxylic acids is 1. The van der Waals surface area contributed by atoms with E-state index in [2.05, 4.69) is 0 Å². The number of halogens is 3. The fraction of sp³-hybridized carbons (Fsp3) is 0.312. The topological polar surface area (TPSA) is 85.8 Å². The fourth-order valence-electron chi connectivity index (χ4n) is 2.26. The molecule has 26 heavy (non-hydrogen) atoms. The number of nitrogens with zero attached hydrogens (tertiary/aromatic N) is 2. The average molecular weight is 372 g/mol. The van der Waals surface area contributed by atoms with E-state index in [-0.39, 0.29) is 23.7 Å². The van der Waals surface area contributed by atoms with Gasteiger partial charge in [0.15, 0.2) is 5.75 Å². The second-order valence-electron chi connectivity index (χ2n) is 5.23. The zero-order valence-electron chi connectivity index (χ0n) is 13.7. The molecule has 1 amide bonds. The number of ether oxygens (including phenoxy) is 1. The minimum Gasteiger partial charge on any atom is -0.487 e. The van der Waals surface area contributed by atoms with Gasteiger partial charge in [-0.1, -0.05) is 0 Å². The van der Waals surface area contributed by atoms with Crippen molar-refractivity contribution in [2.75, 3.05) is 13.2 Å². The zero-order chi connectivity index (χ0) is 19.3. The van der Waals surface area contributed by atoms with E-state index < -0.39 is 35.8 Å². The summed E-state index contributed by atoms with van der Waals surface area (Å²) in [5, 5.41) is 11.1. The van der Waals surface area contributed by atoms with Crippen LogP contribution in [0.2, 0.25) is 0 Å². The highest BCUT2D eigenvalue weighted by molar-refractivity contribution is 5.95. The van der Waals surface area contributed by atoms with E-state index in [9.17, 15) is 28.1 Å². The lowest BCUT2D eigenvalue weighted by atomic mass is 10.1. The molecule has 0 aliphatic carbocycles. The standard InChI is InChI=1S/C16H15F3N2O5/c1-2-25-14-6-5-11(8-13(14)21(23)24)15(22)20(10-16(17,18)19)9-12-4-3-7-26-12/h3-8H,2,9-10H2,1H3. The Hall–Kier alpha value is -3.04. The molecule has 0 spiro atoms. The van der Waals surface area contributed by atoms with Crippen LogP contribution in [-0.4, -0.2) is 35.1 Å². The average Bonchev–Trinajstić information content (AvgIpc) is 3.06. The maximum Gasteiger partial charge on any atom is 0.406 e. The molecule has 0 saturated heterocycles. The molecule has 1 aromatic heterocycles. The lowest BCUT2D eigenvalue weighted by Gasteiger charge is -2.23. The number of hydrogen-bond acceptors (Lipinski definition) is 5. The summed E-state index contributed by atoms with van der Waals surface area (Å²) >= 11 is 0. The van der Waals surface area contributed by atoms with E-state index >= 15 is 0 Å². The minimum atomic E-state index is -4.64. The summed E-state index contributed by atoms with van der Waals surface area (Å²) in [5.74, 6) is -0.921. The second kappa shape index (κ2) is 7.89. The van der Waals surface area contributed by atoms with Gasteiger partial charge in [0.25, 0.3) is 5.91 Å². The lowest BCUT2D eigenvalue weighted by Crippen LogP contribution is -2.38. The molecule has 0 bridgehead atoms. The molecule has 0 aliphatic rings. The first kappa shape index (κ1) is 19.3. The highest BCUT2D eigenvalue weighted by Gasteiger charge is 2.34. The van der Waals surface area contributed by atoms with E-state index in [1.807, 2.05) is 0 Å². The van der Waals surface area contributed by atoms with Crippen LogP contribution in [0.3, 0.4) is 0 Å². The van der Waals surface area contributed by atoms with Gasteiger partial charge in [0, 0.05) is 11.6 Å². The van der Waals surface area contributed by atoms with Gasteiger partial charge in [-0.15, -0.1) is 0 Å². The lowest BCUT2D eigenvalue weighted by molar-refractivity contribution is -0.385. The molecule has 7 nitrogen and oxygen atoms in total. The van der Waals surface area contributed by atoms with Gasteiger partial charge in [0.2, 0.25) is 0 Å². The van der Waals surface area contributed by atoms with Crippen molar-refractivity contribution in [1.29, 1.82) is 0 Å². The van der Waals surface area contributed by atoms with Gasteiger partial charge in [-0.05, 0) is 31.2 Å². The van der Waals surface area contributed by atoms with Crippen LogP contribution in [0.15, 0.2) is 41.0 Å². The van der Waals surface area contributed by atoms with Crippen LogP contribution < -0.4 is 4.74 Å². The van der Waals surface area contributed by atoms with Crippen molar-refractivity contribution in [2.24, 2.45) is 0 Å². The largest absolute Gasteiger partial charge is 0.487 e. The van der Waals surface area contributed by atoms with Gasteiger partial charge in [-0.3, -0.25) is 14.9 Å². The number of rotatable bonds is 7. The second-order valence-corrected chi connectivity index (χ2v) is 5.23. The molecular formula is C16H15F3N2O5. The molecule has 0 fully saturated rings. The molecule has 0 saturated carbocycles. The van der Waals surface area contributed by atoms with Crippen LogP contribution in [0.5, 0.6) is 5.75 Å². The Balaban J connectivity index is 2.34. The van der Waals surface area contributed by atoms with Crippen molar-refractivity contribution in [3.8, 4) is 5.75 Å². The van der Waals surface area contributed by atoms with Gasteiger partial charge in [-0.2, -0.15) is 13.2 Å². The summed E-state index contributed by atoms with van der Waals surface area (Å²) < 4.78 is 48.6. The first-order valence-electron chi connectivity index (χ1n) is 7.51. The summed E-state index contributed by atoms with van der Waals surface area (Å²) in [5.41, 5.74) is -0.751. The number of nitro groups is 1. The van der Waals surface area contributed by atoms with Gasteiger partial charge in [0.1, 0.15) is 12.3 Å². The summed E-state index contributed by atoms with van der Waals surface area (Å²) in [6.45, 7) is -0.163.